The van der Waals surface area contributed by atoms with Crippen LogP contribution in [0.15, 0.2) is 40.9 Å². The number of hydrogen-bond donors (Lipinski definition) is 2. The van der Waals surface area contributed by atoms with Crippen LogP contribution in [0.1, 0.15) is 4.88 Å². The monoisotopic (exact) mass is 269 g/mol. The highest BCUT2D eigenvalue weighted by Crippen LogP contribution is 2.23. The van der Waals surface area contributed by atoms with E-state index in [1.54, 1.807) is 29.8 Å². The molecule has 0 amide bonds. The number of hydrogen-bond acceptors (Lipinski definition) is 5. The van der Waals surface area contributed by atoms with Gasteiger partial charge in [-0.2, -0.15) is 0 Å². The van der Waals surface area contributed by atoms with Crippen LogP contribution in [-0.4, -0.2) is 13.4 Å². The number of anilines is 1. The number of aromatic nitrogens is 1. The summed E-state index contributed by atoms with van der Waals surface area (Å²) in [6.07, 6.45) is 3.03. The zero-order chi connectivity index (χ0) is 12.3. The van der Waals surface area contributed by atoms with Crippen LogP contribution < -0.4 is 10.5 Å². The second-order valence-electron chi connectivity index (χ2n) is 3.26. The first-order chi connectivity index (χ1) is 8.13. The van der Waals surface area contributed by atoms with Crippen LogP contribution in [0.4, 0.5) is 5.69 Å². The molecule has 17 heavy (non-hydrogen) atoms. The third-order valence-corrected chi connectivity index (χ3v) is 4.63. The Hall–Kier alpha value is -1.44. The van der Waals surface area contributed by atoms with Crippen molar-refractivity contribution in [1.29, 1.82) is 0 Å². The van der Waals surface area contributed by atoms with Crippen LogP contribution in [0.5, 0.6) is 0 Å². The maximum Gasteiger partial charge on any atom is 0.263 e. The molecule has 0 aliphatic rings. The van der Waals surface area contributed by atoms with Crippen molar-refractivity contribution in [3.63, 3.8) is 0 Å². The van der Waals surface area contributed by atoms with Crippen molar-refractivity contribution in [2.75, 3.05) is 4.72 Å². The molecular weight excluding hydrogens is 258 g/mol. The molecule has 2 heterocycles. The number of thiophene rings is 1. The number of nitrogens with one attached hydrogen (secondary N) is 1. The van der Waals surface area contributed by atoms with Crippen molar-refractivity contribution in [1.82, 2.24) is 4.98 Å². The van der Waals surface area contributed by atoms with Gasteiger partial charge in [-0.3, -0.25) is 9.71 Å². The molecule has 90 valence electrons. The summed E-state index contributed by atoms with van der Waals surface area (Å²) in [6, 6.07) is 4.85. The molecule has 0 saturated carbocycles. The van der Waals surface area contributed by atoms with Crippen molar-refractivity contribution in [3.05, 3.63) is 40.8 Å². The molecule has 0 unspecified atom stereocenters. The molecule has 0 spiro atoms. The van der Waals surface area contributed by atoms with Gasteiger partial charge in [0.2, 0.25) is 0 Å². The molecule has 0 aromatic carbocycles. The van der Waals surface area contributed by atoms with E-state index in [-0.39, 0.29) is 11.4 Å². The molecule has 0 aliphatic heterocycles. The standard InChI is InChI=1S/C10H11N3O2S2/c11-6-9-10(3-5-16-9)17(14,15)13-8-2-1-4-12-7-8/h1-5,7,13H,6,11H2. The summed E-state index contributed by atoms with van der Waals surface area (Å²) in [7, 11) is -3.57. The minimum Gasteiger partial charge on any atom is -0.326 e. The molecule has 0 fully saturated rings. The minimum absolute atomic E-state index is 0.209. The van der Waals surface area contributed by atoms with Crippen molar-refractivity contribution in [2.45, 2.75) is 11.4 Å². The lowest BCUT2D eigenvalue weighted by molar-refractivity contribution is 0.600. The van der Waals surface area contributed by atoms with Crippen molar-refractivity contribution >= 4 is 27.0 Å². The van der Waals surface area contributed by atoms with Crippen molar-refractivity contribution in [2.24, 2.45) is 5.73 Å². The first kappa shape index (κ1) is 12.0. The largest absolute Gasteiger partial charge is 0.326 e. The van der Waals surface area contributed by atoms with Gasteiger partial charge in [0.05, 0.1) is 11.9 Å². The maximum absolute atomic E-state index is 12.1. The van der Waals surface area contributed by atoms with Gasteiger partial charge in [-0.15, -0.1) is 11.3 Å². The molecule has 3 N–H and O–H groups in total. The first-order valence-electron chi connectivity index (χ1n) is 4.83. The number of rotatable bonds is 4. The van der Waals surface area contributed by atoms with Crippen molar-refractivity contribution < 1.29 is 8.42 Å². The maximum atomic E-state index is 12.1. The molecular formula is C10H11N3O2S2. The van der Waals surface area contributed by atoms with Gasteiger partial charge in [0.25, 0.3) is 10.0 Å². The zero-order valence-electron chi connectivity index (χ0n) is 8.83. The van der Waals surface area contributed by atoms with Crippen molar-refractivity contribution in [3.8, 4) is 0 Å². The molecule has 2 aromatic rings. The van der Waals surface area contributed by atoms with Crippen LogP contribution in [0.2, 0.25) is 0 Å². The van der Waals surface area contributed by atoms with E-state index in [4.69, 9.17) is 5.73 Å². The lowest BCUT2D eigenvalue weighted by Crippen LogP contribution is -2.14. The molecule has 0 aliphatic carbocycles. The Bertz CT molecular complexity index is 593. The third-order valence-electron chi connectivity index (χ3n) is 2.09. The predicted octanol–water partition coefficient (Wildman–Crippen LogP) is 1.40. The Morgan fingerprint density at radius 1 is 1.41 bits per heavy atom. The fraction of sp³-hybridized carbons (Fsp3) is 0.100. The quantitative estimate of drug-likeness (QED) is 0.878. The summed E-state index contributed by atoms with van der Waals surface area (Å²) in [4.78, 5) is 4.71. The Balaban J connectivity index is 2.32. The van der Waals surface area contributed by atoms with Gasteiger partial charge in [0, 0.05) is 17.6 Å². The van der Waals surface area contributed by atoms with Gasteiger partial charge in [-0.05, 0) is 23.6 Å². The molecule has 2 rings (SSSR count). The summed E-state index contributed by atoms with van der Waals surface area (Å²) in [5.74, 6) is 0. The van der Waals surface area contributed by atoms with E-state index in [0.717, 1.165) is 0 Å². The first-order valence-corrected chi connectivity index (χ1v) is 7.19. The highest BCUT2D eigenvalue weighted by atomic mass is 32.2. The van der Waals surface area contributed by atoms with E-state index >= 15 is 0 Å². The number of pyridine rings is 1. The Morgan fingerprint density at radius 2 is 2.24 bits per heavy atom. The highest BCUT2D eigenvalue weighted by Gasteiger charge is 2.18. The number of nitrogens with two attached hydrogens (primary N) is 1. The highest BCUT2D eigenvalue weighted by molar-refractivity contribution is 7.93. The molecule has 2 aromatic heterocycles. The molecule has 0 radical (unpaired) electrons. The van der Waals surface area contributed by atoms with Crippen LogP contribution in [-0.2, 0) is 16.6 Å². The number of nitrogens with zero attached hydrogens (tertiary/aromatic N) is 1. The zero-order valence-corrected chi connectivity index (χ0v) is 10.5. The summed E-state index contributed by atoms with van der Waals surface area (Å²) < 4.78 is 26.6. The van der Waals surface area contributed by atoms with E-state index in [1.807, 2.05) is 0 Å². The van der Waals surface area contributed by atoms with Gasteiger partial charge in [0.15, 0.2) is 0 Å². The molecule has 7 heteroatoms. The summed E-state index contributed by atoms with van der Waals surface area (Å²) in [6.45, 7) is 0.209. The normalized spacial score (nSPS) is 11.4. The second kappa shape index (κ2) is 4.82. The smallest absolute Gasteiger partial charge is 0.263 e. The minimum atomic E-state index is -3.57. The predicted molar refractivity (Wildman–Crippen MR) is 67.3 cm³/mol. The van der Waals surface area contributed by atoms with E-state index in [9.17, 15) is 8.42 Å². The van der Waals surface area contributed by atoms with Crippen LogP contribution in [0, 0.1) is 0 Å². The third kappa shape index (κ3) is 2.63. The SMILES string of the molecule is NCc1sccc1S(=O)(=O)Nc1cccnc1. The van der Waals surface area contributed by atoms with Gasteiger partial charge in [-0.1, -0.05) is 0 Å². The Labute approximate surface area is 103 Å². The van der Waals surface area contributed by atoms with Crippen LogP contribution in [0.25, 0.3) is 0 Å². The summed E-state index contributed by atoms with van der Waals surface area (Å²) in [5.41, 5.74) is 5.92. The summed E-state index contributed by atoms with van der Waals surface area (Å²) in [5, 5.41) is 1.71. The Morgan fingerprint density at radius 3 is 2.88 bits per heavy atom. The molecule has 0 bridgehead atoms. The van der Waals surface area contributed by atoms with Gasteiger partial charge in [-0.25, -0.2) is 8.42 Å². The lowest BCUT2D eigenvalue weighted by atomic mass is 10.4. The lowest BCUT2D eigenvalue weighted by Gasteiger charge is -2.07. The van der Waals surface area contributed by atoms with E-state index in [2.05, 4.69) is 9.71 Å². The van der Waals surface area contributed by atoms with E-state index in [0.29, 0.717) is 10.6 Å². The molecule has 5 nitrogen and oxygen atoms in total. The van der Waals surface area contributed by atoms with Gasteiger partial charge in [0.1, 0.15) is 4.90 Å². The second-order valence-corrected chi connectivity index (χ2v) is 5.91. The van der Waals surface area contributed by atoms with E-state index in [1.165, 1.54) is 17.5 Å². The Kier molecular flexibility index (Phi) is 3.41. The van der Waals surface area contributed by atoms with Gasteiger partial charge < -0.3 is 5.73 Å². The fourth-order valence-corrected chi connectivity index (χ4v) is 3.73. The average Bonchev–Trinajstić information content (AvgIpc) is 2.78. The molecule has 0 saturated heterocycles. The van der Waals surface area contributed by atoms with Crippen LogP contribution >= 0.6 is 11.3 Å². The average molecular weight is 269 g/mol. The molecule has 0 atom stereocenters. The summed E-state index contributed by atoms with van der Waals surface area (Å²) >= 11 is 1.33. The number of sulfonamides is 1. The topological polar surface area (TPSA) is 85.1 Å². The van der Waals surface area contributed by atoms with E-state index < -0.39 is 10.0 Å². The van der Waals surface area contributed by atoms with Gasteiger partial charge >= 0.3 is 0 Å². The van der Waals surface area contributed by atoms with Crippen LogP contribution in [0.3, 0.4) is 0 Å². The fourth-order valence-electron chi connectivity index (χ4n) is 1.35.